The Morgan fingerprint density at radius 2 is 1.61 bits per heavy atom. The molecule has 0 heterocycles. The monoisotopic (exact) mass is 386 g/mol. The molecule has 2 aromatic carbocycles. The molecule has 0 spiro atoms. The lowest BCUT2D eigenvalue weighted by Crippen LogP contribution is -2.06. The average molecular weight is 386 g/mol. The van der Waals surface area contributed by atoms with Crippen molar-refractivity contribution in [2.24, 2.45) is 0 Å². The highest BCUT2D eigenvalue weighted by molar-refractivity contribution is 5.69. The Kier molecular flexibility index (Phi) is 8.66. The van der Waals surface area contributed by atoms with Crippen LogP contribution in [0.4, 0.5) is 0 Å². The van der Waals surface area contributed by atoms with E-state index in [-0.39, 0.29) is 5.97 Å². The predicted molar refractivity (Wildman–Crippen MR) is 109 cm³/mol. The van der Waals surface area contributed by atoms with Gasteiger partial charge in [-0.15, -0.1) is 0 Å². The van der Waals surface area contributed by atoms with Crippen molar-refractivity contribution in [2.75, 3.05) is 20.8 Å². The van der Waals surface area contributed by atoms with Crippen LogP contribution in [0.25, 0.3) is 0 Å². The number of hydrogen-bond donors (Lipinski definition) is 0. The Morgan fingerprint density at radius 1 is 0.964 bits per heavy atom. The van der Waals surface area contributed by atoms with Crippen molar-refractivity contribution in [1.29, 1.82) is 0 Å². The molecule has 0 atom stereocenters. The molecule has 152 valence electrons. The second-order valence-electron chi connectivity index (χ2n) is 6.61. The van der Waals surface area contributed by atoms with Gasteiger partial charge in [0.1, 0.15) is 23.9 Å². The number of aryl methyl sites for hydroxylation is 1. The number of methoxy groups -OCH3 is 2. The molecule has 0 unspecified atom stereocenters. The van der Waals surface area contributed by atoms with E-state index in [1.165, 1.54) is 5.56 Å². The molecule has 0 saturated heterocycles. The maximum Gasteiger partial charge on any atom is 0.306 e. The number of ether oxygens (including phenoxy) is 4. The molecule has 0 aromatic heterocycles. The number of carbonyl (C=O) groups is 1. The summed E-state index contributed by atoms with van der Waals surface area (Å²) in [5.74, 6) is 2.04. The van der Waals surface area contributed by atoms with E-state index >= 15 is 0 Å². The Morgan fingerprint density at radius 3 is 2.18 bits per heavy atom. The summed E-state index contributed by atoms with van der Waals surface area (Å²) in [4.78, 5) is 11.9. The standard InChI is InChI=1S/C23H30O5/c1-5-20-21(25-3)14-19(15-22(20)26-4)27-13-7-6-8-23(24)28-16-18-11-9-17(2)10-12-18/h9-12,14-15H,5-8,13,16H2,1-4H3. The van der Waals surface area contributed by atoms with E-state index in [9.17, 15) is 4.79 Å². The van der Waals surface area contributed by atoms with Crippen molar-refractivity contribution in [3.05, 3.63) is 53.1 Å². The molecule has 0 aliphatic carbocycles. The molecule has 0 bridgehead atoms. The Bertz CT molecular complexity index is 727. The number of unbranched alkanes of at least 4 members (excludes halogenated alkanes) is 1. The minimum absolute atomic E-state index is 0.184. The number of rotatable bonds is 11. The number of carbonyl (C=O) groups excluding carboxylic acids is 1. The number of esters is 1. The van der Waals surface area contributed by atoms with E-state index in [1.807, 2.05) is 43.3 Å². The van der Waals surface area contributed by atoms with Gasteiger partial charge in [-0.2, -0.15) is 0 Å². The largest absolute Gasteiger partial charge is 0.496 e. The first-order valence-electron chi connectivity index (χ1n) is 9.66. The fraction of sp³-hybridized carbons (Fsp3) is 0.435. The van der Waals surface area contributed by atoms with Crippen LogP contribution in [0.1, 0.15) is 42.9 Å². The van der Waals surface area contributed by atoms with Crippen molar-refractivity contribution in [1.82, 2.24) is 0 Å². The third-order valence-electron chi connectivity index (χ3n) is 4.50. The first kappa shape index (κ1) is 21.6. The van der Waals surface area contributed by atoms with Gasteiger partial charge in [0.2, 0.25) is 0 Å². The maximum atomic E-state index is 11.9. The molecule has 0 saturated carbocycles. The molecule has 2 rings (SSSR count). The van der Waals surface area contributed by atoms with Gasteiger partial charge < -0.3 is 18.9 Å². The van der Waals surface area contributed by atoms with E-state index in [2.05, 4.69) is 6.92 Å². The maximum absolute atomic E-state index is 11.9. The molecular weight excluding hydrogens is 356 g/mol. The second kappa shape index (κ2) is 11.2. The molecule has 5 nitrogen and oxygen atoms in total. The van der Waals surface area contributed by atoms with Crippen molar-refractivity contribution >= 4 is 5.97 Å². The lowest BCUT2D eigenvalue weighted by Gasteiger charge is -2.15. The molecule has 0 radical (unpaired) electrons. The van der Waals surface area contributed by atoms with Crippen LogP contribution in [0.5, 0.6) is 17.2 Å². The van der Waals surface area contributed by atoms with Crippen molar-refractivity contribution < 1.29 is 23.7 Å². The van der Waals surface area contributed by atoms with Crippen LogP contribution in [-0.2, 0) is 22.6 Å². The van der Waals surface area contributed by atoms with E-state index in [1.54, 1.807) is 14.2 Å². The van der Waals surface area contributed by atoms with Gasteiger partial charge >= 0.3 is 5.97 Å². The van der Waals surface area contributed by atoms with Crippen LogP contribution >= 0.6 is 0 Å². The fourth-order valence-electron chi connectivity index (χ4n) is 2.87. The molecule has 28 heavy (non-hydrogen) atoms. The lowest BCUT2D eigenvalue weighted by molar-refractivity contribution is -0.145. The fourth-order valence-corrected chi connectivity index (χ4v) is 2.87. The van der Waals surface area contributed by atoms with E-state index in [4.69, 9.17) is 18.9 Å². The summed E-state index contributed by atoms with van der Waals surface area (Å²) in [6.45, 7) is 4.92. The Balaban J connectivity index is 1.71. The zero-order chi connectivity index (χ0) is 20.4. The summed E-state index contributed by atoms with van der Waals surface area (Å²) in [6.07, 6.45) is 2.68. The SMILES string of the molecule is CCc1c(OC)cc(OCCCCC(=O)OCc2ccc(C)cc2)cc1OC. The number of hydrogen-bond acceptors (Lipinski definition) is 5. The molecule has 2 aromatic rings. The van der Waals surface area contributed by atoms with E-state index in [0.29, 0.717) is 31.8 Å². The third kappa shape index (κ3) is 6.48. The zero-order valence-corrected chi connectivity index (χ0v) is 17.2. The average Bonchev–Trinajstić information content (AvgIpc) is 2.72. The van der Waals surface area contributed by atoms with Crippen LogP contribution in [0.2, 0.25) is 0 Å². The van der Waals surface area contributed by atoms with Gasteiger partial charge in [-0.05, 0) is 31.7 Å². The molecule has 0 amide bonds. The Labute approximate surface area is 167 Å². The van der Waals surface area contributed by atoms with Crippen molar-refractivity contribution in [3.63, 3.8) is 0 Å². The van der Waals surface area contributed by atoms with Crippen LogP contribution in [0, 0.1) is 6.92 Å². The minimum Gasteiger partial charge on any atom is -0.496 e. The second-order valence-corrected chi connectivity index (χ2v) is 6.61. The van der Waals surface area contributed by atoms with Crippen LogP contribution in [0.3, 0.4) is 0 Å². The summed E-state index contributed by atoms with van der Waals surface area (Å²) < 4.78 is 22.0. The van der Waals surface area contributed by atoms with Crippen LogP contribution in [-0.4, -0.2) is 26.8 Å². The molecule has 0 N–H and O–H groups in total. The topological polar surface area (TPSA) is 54.0 Å². The van der Waals surface area contributed by atoms with Gasteiger partial charge in [0.25, 0.3) is 0 Å². The summed E-state index contributed by atoms with van der Waals surface area (Å²) in [5.41, 5.74) is 3.21. The molecule has 0 aliphatic heterocycles. The van der Waals surface area contributed by atoms with E-state index < -0.39 is 0 Å². The normalized spacial score (nSPS) is 10.4. The summed E-state index contributed by atoms with van der Waals surface area (Å²) >= 11 is 0. The van der Waals surface area contributed by atoms with Crippen LogP contribution < -0.4 is 14.2 Å². The molecule has 0 fully saturated rings. The van der Waals surface area contributed by atoms with Gasteiger partial charge in [0.05, 0.1) is 20.8 Å². The van der Waals surface area contributed by atoms with Gasteiger partial charge in [-0.1, -0.05) is 36.8 Å². The van der Waals surface area contributed by atoms with Gasteiger partial charge in [-0.3, -0.25) is 4.79 Å². The summed E-state index contributed by atoms with van der Waals surface area (Å²) in [7, 11) is 3.28. The smallest absolute Gasteiger partial charge is 0.306 e. The van der Waals surface area contributed by atoms with Crippen molar-refractivity contribution in [3.8, 4) is 17.2 Å². The van der Waals surface area contributed by atoms with Gasteiger partial charge in [0, 0.05) is 24.1 Å². The Hall–Kier alpha value is -2.69. The molecular formula is C23H30O5. The molecule has 0 aliphatic rings. The van der Waals surface area contributed by atoms with Crippen molar-refractivity contribution in [2.45, 2.75) is 46.1 Å². The minimum atomic E-state index is -0.184. The number of benzene rings is 2. The first-order chi connectivity index (χ1) is 13.6. The highest BCUT2D eigenvalue weighted by Crippen LogP contribution is 2.34. The predicted octanol–water partition coefficient (Wildman–Crippen LogP) is 4.87. The van der Waals surface area contributed by atoms with Gasteiger partial charge in [0.15, 0.2) is 0 Å². The molecule has 5 heteroatoms. The highest BCUT2D eigenvalue weighted by Gasteiger charge is 2.11. The van der Waals surface area contributed by atoms with Crippen LogP contribution in [0.15, 0.2) is 36.4 Å². The van der Waals surface area contributed by atoms with E-state index in [0.717, 1.165) is 35.5 Å². The summed E-state index contributed by atoms with van der Waals surface area (Å²) in [5, 5.41) is 0. The zero-order valence-electron chi connectivity index (χ0n) is 17.2. The quantitative estimate of drug-likeness (QED) is 0.407. The highest BCUT2D eigenvalue weighted by atomic mass is 16.5. The first-order valence-corrected chi connectivity index (χ1v) is 9.66. The van der Waals surface area contributed by atoms with Gasteiger partial charge in [-0.25, -0.2) is 0 Å². The summed E-state index contributed by atoms with van der Waals surface area (Å²) in [6, 6.07) is 11.7. The third-order valence-corrected chi connectivity index (χ3v) is 4.50. The lowest BCUT2D eigenvalue weighted by atomic mass is 10.1.